The number of carbonyl (C=O) groups excluding carboxylic acids is 2. The van der Waals surface area contributed by atoms with E-state index in [4.69, 9.17) is 0 Å². The number of imidazole rings is 1. The number of fused-ring (bicyclic) bond motifs is 1. The van der Waals surface area contributed by atoms with Crippen molar-refractivity contribution in [2.75, 3.05) is 18.1 Å². The Kier molecular flexibility index (Phi) is 6.31. The first-order valence-corrected chi connectivity index (χ1v) is 11.2. The van der Waals surface area contributed by atoms with Gasteiger partial charge in [-0.3, -0.25) is 9.59 Å². The third-order valence-electron chi connectivity index (χ3n) is 4.28. The van der Waals surface area contributed by atoms with Crippen LogP contribution in [-0.4, -0.2) is 42.6 Å². The predicted molar refractivity (Wildman–Crippen MR) is 116 cm³/mol. The Morgan fingerprint density at radius 1 is 1.13 bits per heavy atom. The van der Waals surface area contributed by atoms with Crippen LogP contribution in [0.5, 0.6) is 0 Å². The normalized spacial score (nSPS) is 11.2. The molecule has 0 spiro atoms. The number of hydrogen-bond donors (Lipinski definition) is 2. The van der Waals surface area contributed by atoms with E-state index in [1.165, 1.54) is 0 Å². The van der Waals surface area contributed by atoms with Gasteiger partial charge in [0.15, 0.2) is 9.84 Å². The summed E-state index contributed by atoms with van der Waals surface area (Å²) in [4.78, 5) is 29.5. The zero-order chi connectivity index (χ0) is 21.7. The monoisotopic (exact) mass is 426 g/mol. The summed E-state index contributed by atoms with van der Waals surface area (Å²) in [6.45, 7) is 3.72. The van der Waals surface area contributed by atoms with Crippen molar-refractivity contribution in [3.8, 4) is 0 Å². The van der Waals surface area contributed by atoms with Crippen molar-refractivity contribution >= 4 is 38.4 Å². The highest BCUT2D eigenvalue weighted by Crippen LogP contribution is 2.19. The summed E-state index contributed by atoms with van der Waals surface area (Å²) in [5.74, 6) is -0.741. The topological polar surface area (TPSA) is 110 Å². The minimum absolute atomic E-state index is 0.145. The van der Waals surface area contributed by atoms with Crippen LogP contribution in [0.25, 0.3) is 11.0 Å². The molecule has 2 aromatic carbocycles. The quantitative estimate of drug-likeness (QED) is 0.536. The number of aromatic nitrogens is 2. The third-order valence-corrected chi connectivity index (χ3v) is 5.06. The number of benzene rings is 2. The first kappa shape index (κ1) is 21.3. The second-order valence-electron chi connectivity index (χ2n) is 6.77. The van der Waals surface area contributed by atoms with Gasteiger partial charge >= 0.3 is 0 Å². The lowest BCUT2D eigenvalue weighted by atomic mass is 10.1. The third kappa shape index (κ3) is 5.12. The lowest BCUT2D eigenvalue weighted by Gasteiger charge is -2.13. The van der Waals surface area contributed by atoms with Gasteiger partial charge in [-0.05, 0) is 24.3 Å². The molecule has 0 saturated heterocycles. The van der Waals surface area contributed by atoms with E-state index in [0.29, 0.717) is 28.8 Å². The van der Waals surface area contributed by atoms with E-state index in [-0.39, 0.29) is 24.0 Å². The summed E-state index contributed by atoms with van der Waals surface area (Å²) in [5.41, 5.74) is 1.94. The van der Waals surface area contributed by atoms with E-state index in [2.05, 4.69) is 22.2 Å². The highest BCUT2D eigenvalue weighted by atomic mass is 32.2. The molecule has 0 bridgehead atoms. The number of hydrogen-bond acceptors (Lipinski definition) is 5. The smallest absolute Gasteiger partial charge is 0.253 e. The largest absolute Gasteiger partial charge is 0.349 e. The van der Waals surface area contributed by atoms with Crippen LogP contribution in [0.3, 0.4) is 0 Å². The van der Waals surface area contributed by atoms with Gasteiger partial charge in [0.2, 0.25) is 5.91 Å². The lowest BCUT2D eigenvalue weighted by Crippen LogP contribution is -2.26. The maximum atomic E-state index is 12.8. The first-order chi connectivity index (χ1) is 14.3. The summed E-state index contributed by atoms with van der Waals surface area (Å²) in [5, 5.41) is 5.41. The lowest BCUT2D eigenvalue weighted by molar-refractivity contribution is -0.116. The highest BCUT2D eigenvalue weighted by molar-refractivity contribution is 7.89. The van der Waals surface area contributed by atoms with Crippen molar-refractivity contribution in [2.24, 2.45) is 0 Å². The molecule has 1 aromatic heterocycles. The van der Waals surface area contributed by atoms with Crippen LogP contribution in [0.2, 0.25) is 0 Å². The number of anilines is 1. The van der Waals surface area contributed by atoms with Crippen LogP contribution in [0, 0.1) is 0 Å². The van der Waals surface area contributed by atoms with Gasteiger partial charge < -0.3 is 15.2 Å². The standard InChI is InChI=1S/C21H22N4O4S/c1-3-12-22-21(27)15-8-4-5-9-16(15)24-20(26)13-25-18-11-7-6-10-17(18)23-19(25)14-30(2,28)29/h3-11H,1,12-14H2,2H3,(H,22,27)(H,24,26). The Balaban J connectivity index is 1.87. The molecule has 30 heavy (non-hydrogen) atoms. The molecule has 0 fully saturated rings. The fraction of sp³-hybridized carbons (Fsp3) is 0.190. The van der Waals surface area contributed by atoms with Crippen molar-refractivity contribution in [2.45, 2.75) is 12.3 Å². The van der Waals surface area contributed by atoms with E-state index in [9.17, 15) is 18.0 Å². The molecule has 2 N–H and O–H groups in total. The Labute approximate surface area is 174 Å². The van der Waals surface area contributed by atoms with Crippen molar-refractivity contribution < 1.29 is 18.0 Å². The zero-order valence-electron chi connectivity index (χ0n) is 16.5. The second kappa shape index (κ2) is 8.91. The molecular weight excluding hydrogens is 404 g/mol. The highest BCUT2D eigenvalue weighted by Gasteiger charge is 2.18. The molecule has 0 saturated carbocycles. The van der Waals surface area contributed by atoms with Crippen LogP contribution in [0.1, 0.15) is 16.2 Å². The number of nitrogens with one attached hydrogen (secondary N) is 2. The molecule has 1 heterocycles. The van der Waals surface area contributed by atoms with Crippen molar-refractivity contribution in [3.05, 3.63) is 72.6 Å². The number of para-hydroxylation sites is 3. The van der Waals surface area contributed by atoms with Crippen LogP contribution >= 0.6 is 0 Å². The summed E-state index contributed by atoms with van der Waals surface area (Å²) in [6, 6.07) is 13.8. The van der Waals surface area contributed by atoms with Crippen LogP contribution in [0.15, 0.2) is 61.2 Å². The van der Waals surface area contributed by atoms with Gasteiger partial charge in [-0.2, -0.15) is 0 Å². The van der Waals surface area contributed by atoms with Gasteiger partial charge in [0.25, 0.3) is 5.91 Å². The number of carbonyl (C=O) groups is 2. The number of sulfone groups is 1. The van der Waals surface area contributed by atoms with E-state index in [1.54, 1.807) is 59.2 Å². The van der Waals surface area contributed by atoms with E-state index in [1.807, 2.05) is 0 Å². The van der Waals surface area contributed by atoms with Gasteiger partial charge in [0, 0.05) is 12.8 Å². The van der Waals surface area contributed by atoms with Crippen LogP contribution in [0.4, 0.5) is 5.69 Å². The van der Waals surface area contributed by atoms with Gasteiger partial charge in [-0.15, -0.1) is 6.58 Å². The maximum absolute atomic E-state index is 12.8. The Morgan fingerprint density at radius 2 is 1.83 bits per heavy atom. The molecule has 0 radical (unpaired) electrons. The minimum atomic E-state index is -3.34. The van der Waals surface area contributed by atoms with Crippen LogP contribution < -0.4 is 10.6 Å². The summed E-state index contributed by atoms with van der Waals surface area (Å²) in [6.07, 6.45) is 2.68. The average Bonchev–Trinajstić information content (AvgIpc) is 3.02. The predicted octanol–water partition coefficient (Wildman–Crippen LogP) is 2.14. The molecule has 2 amide bonds. The number of nitrogens with zero attached hydrogens (tertiary/aromatic N) is 2. The first-order valence-electron chi connectivity index (χ1n) is 9.18. The molecule has 0 aliphatic carbocycles. The van der Waals surface area contributed by atoms with Crippen molar-refractivity contribution in [1.29, 1.82) is 0 Å². The molecule has 9 heteroatoms. The van der Waals surface area contributed by atoms with Crippen molar-refractivity contribution in [3.63, 3.8) is 0 Å². The molecule has 0 unspecified atom stereocenters. The fourth-order valence-corrected chi connectivity index (χ4v) is 3.72. The Hall–Kier alpha value is -3.46. The molecule has 3 aromatic rings. The SMILES string of the molecule is C=CCNC(=O)c1ccccc1NC(=O)Cn1c(CS(C)(=O)=O)nc2ccccc21. The summed E-state index contributed by atoms with van der Waals surface area (Å²) >= 11 is 0. The number of amides is 2. The molecular formula is C21H22N4O4S. The zero-order valence-corrected chi connectivity index (χ0v) is 17.3. The van der Waals surface area contributed by atoms with Gasteiger partial charge in [0.1, 0.15) is 18.1 Å². The molecule has 0 aliphatic rings. The minimum Gasteiger partial charge on any atom is -0.349 e. The van der Waals surface area contributed by atoms with E-state index < -0.39 is 15.7 Å². The molecule has 8 nitrogen and oxygen atoms in total. The summed E-state index contributed by atoms with van der Waals surface area (Å²) < 4.78 is 25.2. The maximum Gasteiger partial charge on any atom is 0.253 e. The number of rotatable bonds is 8. The molecule has 0 aliphatic heterocycles. The Bertz CT molecular complexity index is 1210. The molecule has 0 atom stereocenters. The fourth-order valence-electron chi connectivity index (χ4n) is 3.03. The molecule has 3 rings (SSSR count). The average molecular weight is 426 g/mol. The van der Waals surface area contributed by atoms with Gasteiger partial charge in [-0.25, -0.2) is 13.4 Å². The van der Waals surface area contributed by atoms with E-state index >= 15 is 0 Å². The van der Waals surface area contributed by atoms with Crippen molar-refractivity contribution in [1.82, 2.24) is 14.9 Å². The Morgan fingerprint density at radius 3 is 2.57 bits per heavy atom. The van der Waals surface area contributed by atoms with Gasteiger partial charge in [0.05, 0.1) is 22.3 Å². The second-order valence-corrected chi connectivity index (χ2v) is 8.91. The van der Waals surface area contributed by atoms with E-state index in [0.717, 1.165) is 6.26 Å². The molecule has 156 valence electrons. The van der Waals surface area contributed by atoms with Crippen LogP contribution in [-0.2, 0) is 26.9 Å². The summed E-state index contributed by atoms with van der Waals surface area (Å²) in [7, 11) is -3.34. The van der Waals surface area contributed by atoms with Gasteiger partial charge in [-0.1, -0.05) is 30.3 Å².